The molecule has 0 aliphatic heterocycles. The van der Waals surface area contributed by atoms with Crippen molar-refractivity contribution in [1.82, 2.24) is 0 Å². The summed E-state index contributed by atoms with van der Waals surface area (Å²) in [4.78, 5) is 0. The zero-order valence-electron chi connectivity index (χ0n) is 15.4. The van der Waals surface area contributed by atoms with Gasteiger partial charge >= 0.3 is 0 Å². The molecule has 0 bridgehead atoms. The van der Waals surface area contributed by atoms with Gasteiger partial charge in [0.15, 0.2) is 0 Å². The lowest BCUT2D eigenvalue weighted by Gasteiger charge is -2.19. The fraction of sp³-hybridized carbons (Fsp3) is 0.217. The Bertz CT molecular complexity index is 980. The molecule has 0 atom stereocenters. The number of aryl methyl sites for hydroxylation is 2. The van der Waals surface area contributed by atoms with Gasteiger partial charge in [-0.05, 0) is 60.4 Å². The van der Waals surface area contributed by atoms with Crippen molar-refractivity contribution in [1.29, 1.82) is 0 Å². The van der Waals surface area contributed by atoms with Crippen molar-refractivity contribution in [3.8, 4) is 39.5 Å². The Hall–Kier alpha value is -2.65. The molecule has 0 aliphatic rings. The quantitative estimate of drug-likeness (QED) is 0.500. The summed E-state index contributed by atoms with van der Waals surface area (Å²) in [6.45, 7) is 4.08. The van der Waals surface area contributed by atoms with Gasteiger partial charge in [-0.25, -0.2) is 0 Å². The topological polar surface area (TPSA) is 60.7 Å². The van der Waals surface area contributed by atoms with Crippen LogP contribution in [0.3, 0.4) is 0 Å². The highest BCUT2D eigenvalue weighted by atomic mass is 35.5. The van der Waals surface area contributed by atoms with Gasteiger partial charge in [0, 0.05) is 33.3 Å². The molecule has 3 rings (SSSR count). The van der Waals surface area contributed by atoms with Gasteiger partial charge in [0.2, 0.25) is 0 Å². The maximum Gasteiger partial charge on any atom is 0.132 e. The van der Waals surface area contributed by atoms with Crippen molar-refractivity contribution in [3.05, 3.63) is 64.7 Å². The minimum Gasteiger partial charge on any atom is -0.507 e. The number of hydrogen-bond donors (Lipinski definition) is 3. The monoisotopic (exact) mass is 381 g/mol. The lowest BCUT2D eigenvalue weighted by molar-refractivity contribution is 0.468. The first-order valence-corrected chi connectivity index (χ1v) is 9.41. The molecule has 0 spiro atoms. The van der Waals surface area contributed by atoms with Gasteiger partial charge in [-0.2, -0.15) is 0 Å². The number of aromatic hydroxyl groups is 3. The molecule has 0 aliphatic carbocycles. The van der Waals surface area contributed by atoms with Crippen molar-refractivity contribution < 1.29 is 15.3 Å². The predicted molar refractivity (Wildman–Crippen MR) is 110 cm³/mol. The van der Waals surface area contributed by atoms with E-state index in [-0.39, 0.29) is 17.2 Å². The molecule has 0 aromatic heterocycles. The van der Waals surface area contributed by atoms with E-state index in [9.17, 15) is 15.3 Å². The third kappa shape index (κ3) is 3.74. The van der Waals surface area contributed by atoms with Gasteiger partial charge in [0.25, 0.3) is 0 Å². The molecule has 0 unspecified atom stereocenters. The first kappa shape index (κ1) is 19.1. The lowest BCUT2D eigenvalue weighted by atomic mass is 9.87. The molecule has 3 aromatic rings. The van der Waals surface area contributed by atoms with Gasteiger partial charge in [-0.1, -0.05) is 37.9 Å². The van der Waals surface area contributed by atoms with Crippen LogP contribution in [0.25, 0.3) is 22.3 Å². The van der Waals surface area contributed by atoms with Gasteiger partial charge in [-0.3, -0.25) is 0 Å². The van der Waals surface area contributed by atoms with Crippen LogP contribution in [0.5, 0.6) is 17.2 Å². The first-order valence-electron chi connectivity index (χ1n) is 9.03. The Labute approximate surface area is 164 Å². The van der Waals surface area contributed by atoms with E-state index >= 15 is 0 Å². The van der Waals surface area contributed by atoms with Crippen LogP contribution in [0.2, 0.25) is 5.02 Å². The number of phenols is 3. The maximum atomic E-state index is 10.7. The van der Waals surface area contributed by atoms with E-state index in [0.717, 1.165) is 24.0 Å². The van der Waals surface area contributed by atoms with E-state index in [1.807, 2.05) is 19.1 Å². The van der Waals surface area contributed by atoms with Crippen LogP contribution in [0, 0.1) is 6.07 Å². The lowest BCUT2D eigenvalue weighted by Crippen LogP contribution is -1.95. The Balaban J connectivity index is 2.37. The number of benzene rings is 3. The van der Waals surface area contributed by atoms with Crippen molar-refractivity contribution in [2.45, 2.75) is 33.1 Å². The van der Waals surface area contributed by atoms with Crippen LogP contribution in [0.4, 0.5) is 0 Å². The zero-order chi connectivity index (χ0) is 19.6. The molecule has 3 aromatic carbocycles. The molecule has 0 fully saturated rings. The van der Waals surface area contributed by atoms with Gasteiger partial charge in [-0.15, -0.1) is 0 Å². The summed E-state index contributed by atoms with van der Waals surface area (Å²) in [5.74, 6) is 0.0465. The molecular formula is C23H22ClO3. The normalized spacial score (nSPS) is 10.9. The maximum absolute atomic E-state index is 10.7. The molecule has 0 heterocycles. The molecular weight excluding hydrogens is 360 g/mol. The minimum absolute atomic E-state index is 0.0603. The zero-order valence-corrected chi connectivity index (χ0v) is 16.1. The molecule has 4 heteroatoms. The van der Waals surface area contributed by atoms with Crippen LogP contribution in [-0.2, 0) is 12.8 Å². The second kappa shape index (κ2) is 7.93. The van der Waals surface area contributed by atoms with Gasteiger partial charge < -0.3 is 15.3 Å². The molecule has 0 saturated carbocycles. The molecule has 139 valence electrons. The van der Waals surface area contributed by atoms with Crippen molar-refractivity contribution in [2.75, 3.05) is 0 Å². The Morgan fingerprint density at radius 1 is 0.889 bits per heavy atom. The van der Waals surface area contributed by atoms with Crippen molar-refractivity contribution >= 4 is 11.6 Å². The van der Waals surface area contributed by atoms with Crippen molar-refractivity contribution in [3.63, 3.8) is 0 Å². The van der Waals surface area contributed by atoms with E-state index in [4.69, 9.17) is 11.6 Å². The van der Waals surface area contributed by atoms with E-state index in [2.05, 4.69) is 13.0 Å². The fourth-order valence-corrected chi connectivity index (χ4v) is 3.54. The summed E-state index contributed by atoms with van der Waals surface area (Å²) < 4.78 is 0. The van der Waals surface area contributed by atoms with Crippen LogP contribution in [0.15, 0.2) is 42.5 Å². The number of halogens is 1. The largest absolute Gasteiger partial charge is 0.507 e. The Morgan fingerprint density at radius 2 is 1.56 bits per heavy atom. The number of rotatable bonds is 5. The van der Waals surface area contributed by atoms with Gasteiger partial charge in [0.1, 0.15) is 17.2 Å². The van der Waals surface area contributed by atoms with Crippen LogP contribution in [-0.4, -0.2) is 15.3 Å². The summed E-state index contributed by atoms with van der Waals surface area (Å²) >= 11 is 6.17. The molecule has 27 heavy (non-hydrogen) atoms. The SMILES string of the molecule is CCCc1ccc(O)c(-c2c(O)[c]cc(CC)c2-c2cc(Cl)ccc2O)c1. The highest BCUT2D eigenvalue weighted by Crippen LogP contribution is 2.47. The molecule has 0 amide bonds. The van der Waals surface area contributed by atoms with E-state index < -0.39 is 0 Å². The minimum atomic E-state index is -0.0782. The smallest absolute Gasteiger partial charge is 0.132 e. The predicted octanol–water partition coefficient (Wildman–Crippen LogP) is 6.11. The summed E-state index contributed by atoms with van der Waals surface area (Å²) in [5, 5.41) is 32.1. The molecule has 3 nitrogen and oxygen atoms in total. The molecule has 1 radical (unpaired) electrons. The van der Waals surface area contributed by atoms with Crippen molar-refractivity contribution in [2.24, 2.45) is 0 Å². The van der Waals surface area contributed by atoms with E-state index in [1.165, 1.54) is 6.07 Å². The second-order valence-corrected chi connectivity index (χ2v) is 6.97. The van der Waals surface area contributed by atoms with E-state index in [1.54, 1.807) is 24.3 Å². The fourth-order valence-electron chi connectivity index (χ4n) is 3.36. The Morgan fingerprint density at radius 3 is 2.22 bits per heavy atom. The van der Waals surface area contributed by atoms with Crippen LogP contribution in [0.1, 0.15) is 31.4 Å². The van der Waals surface area contributed by atoms with Gasteiger partial charge in [0.05, 0.1) is 0 Å². The first-order chi connectivity index (χ1) is 13.0. The summed E-state index contributed by atoms with van der Waals surface area (Å²) in [5.41, 5.74) is 4.08. The number of hydrogen-bond acceptors (Lipinski definition) is 3. The third-order valence-electron chi connectivity index (χ3n) is 4.67. The second-order valence-electron chi connectivity index (χ2n) is 6.53. The summed E-state index contributed by atoms with van der Waals surface area (Å²) in [6, 6.07) is 14.8. The standard InChI is InChI=1S/C23H22ClO3/c1-3-5-14-6-9-19(25)17(12-14)23-21(27)10-7-15(4-2)22(23)18-13-16(24)8-11-20(18)26/h6-9,11-13,25-27H,3-5H2,1-2H3. The van der Waals surface area contributed by atoms with Crippen LogP contribution < -0.4 is 0 Å². The number of phenolic OH excluding ortho intramolecular Hbond substituents is 3. The summed E-state index contributed by atoms with van der Waals surface area (Å²) in [6.07, 6.45) is 2.50. The highest BCUT2D eigenvalue weighted by Gasteiger charge is 2.21. The Kier molecular flexibility index (Phi) is 5.62. The van der Waals surface area contributed by atoms with Crippen LogP contribution >= 0.6 is 11.6 Å². The average Bonchev–Trinajstić information content (AvgIpc) is 2.65. The molecule has 3 N–H and O–H groups in total. The average molecular weight is 382 g/mol. The van der Waals surface area contributed by atoms with E-state index in [0.29, 0.717) is 33.7 Å². The summed E-state index contributed by atoms with van der Waals surface area (Å²) in [7, 11) is 0. The molecule has 0 saturated heterocycles. The highest BCUT2D eigenvalue weighted by molar-refractivity contribution is 6.31. The third-order valence-corrected chi connectivity index (χ3v) is 4.90.